The van der Waals surface area contributed by atoms with E-state index in [4.69, 9.17) is 0 Å². The summed E-state index contributed by atoms with van der Waals surface area (Å²) in [6, 6.07) is 0. The average Bonchev–Trinajstić information content (AvgIpc) is 2.44. The number of rotatable bonds is 14. The van der Waals surface area contributed by atoms with Crippen LogP contribution in [0.5, 0.6) is 0 Å². The summed E-state index contributed by atoms with van der Waals surface area (Å²) in [4.78, 5) is 0. The maximum absolute atomic E-state index is 13.6. The van der Waals surface area contributed by atoms with E-state index in [-0.39, 0.29) is 12.2 Å². The van der Waals surface area contributed by atoms with E-state index >= 15 is 0 Å². The molecular weight excluding hydrogens is 281 g/mol. The van der Waals surface area contributed by atoms with Gasteiger partial charge in [0.25, 0.3) is 6.43 Å². The van der Waals surface area contributed by atoms with Gasteiger partial charge in [0.2, 0.25) is 0 Å². The first-order valence-corrected chi connectivity index (χ1v) is 8.78. The summed E-state index contributed by atoms with van der Waals surface area (Å²) >= 11 is 3.69. The third-order valence-corrected chi connectivity index (χ3v) is 4.38. The predicted octanol–water partition coefficient (Wildman–Crippen LogP) is 6.59. The Kier molecular flexibility index (Phi) is 12.9. The Morgan fingerprint density at radius 1 is 0.800 bits per heavy atom. The fourth-order valence-electron chi connectivity index (χ4n) is 2.34. The number of hydrogen-bond donors (Lipinski definition) is 1. The molecule has 0 amide bonds. The third-order valence-electron chi connectivity index (χ3n) is 3.85. The maximum Gasteiger partial charge on any atom is 0.272 e. The van der Waals surface area contributed by atoms with Gasteiger partial charge in [-0.25, -0.2) is 13.2 Å². The average molecular weight is 312 g/mol. The zero-order valence-electron chi connectivity index (χ0n) is 12.9. The van der Waals surface area contributed by atoms with E-state index in [1.54, 1.807) is 0 Å². The van der Waals surface area contributed by atoms with Crippen LogP contribution in [0.2, 0.25) is 0 Å². The summed E-state index contributed by atoms with van der Waals surface area (Å²) in [5, 5.41) is 0. The Balaban J connectivity index is 3.32. The molecule has 20 heavy (non-hydrogen) atoms. The Morgan fingerprint density at radius 3 is 1.55 bits per heavy atom. The fraction of sp³-hybridized carbons (Fsp3) is 1.00. The quantitative estimate of drug-likeness (QED) is 0.271. The maximum atomic E-state index is 13.6. The van der Waals surface area contributed by atoms with Crippen molar-refractivity contribution in [3.63, 3.8) is 0 Å². The molecule has 0 rings (SSSR count). The first-order chi connectivity index (χ1) is 9.56. The molecule has 0 aromatic carbocycles. The van der Waals surface area contributed by atoms with Crippen molar-refractivity contribution in [2.24, 2.45) is 0 Å². The van der Waals surface area contributed by atoms with Gasteiger partial charge in [-0.15, -0.1) is 0 Å². The van der Waals surface area contributed by atoms with Gasteiger partial charge in [-0.2, -0.15) is 12.6 Å². The summed E-state index contributed by atoms with van der Waals surface area (Å²) in [7, 11) is 0. The van der Waals surface area contributed by atoms with E-state index in [2.05, 4.69) is 19.6 Å². The number of alkyl halides is 3. The number of unbranched alkanes of at least 4 members (excludes halogenated alkanes) is 10. The molecular formula is C16H31F3S. The fourth-order valence-corrected chi connectivity index (χ4v) is 2.64. The number of thiol groups is 1. The van der Waals surface area contributed by atoms with E-state index in [0.717, 1.165) is 19.3 Å². The van der Waals surface area contributed by atoms with Crippen LogP contribution in [0, 0.1) is 0 Å². The largest absolute Gasteiger partial charge is 0.272 e. The first kappa shape index (κ1) is 20.1. The SMILES string of the molecule is CCCCCCCCCCCCCC(F)(CS)C(F)F. The second kappa shape index (κ2) is 12.8. The van der Waals surface area contributed by atoms with Crippen LogP contribution >= 0.6 is 12.6 Å². The molecule has 0 spiro atoms. The van der Waals surface area contributed by atoms with Crippen molar-refractivity contribution < 1.29 is 13.2 Å². The first-order valence-electron chi connectivity index (χ1n) is 8.14. The van der Waals surface area contributed by atoms with Crippen molar-refractivity contribution in [2.75, 3.05) is 5.75 Å². The molecule has 0 fully saturated rings. The molecule has 0 heterocycles. The van der Waals surface area contributed by atoms with Crippen LogP contribution in [-0.2, 0) is 0 Å². The molecule has 0 bridgehead atoms. The van der Waals surface area contributed by atoms with E-state index < -0.39 is 12.1 Å². The smallest absolute Gasteiger partial charge is 0.237 e. The molecule has 122 valence electrons. The topological polar surface area (TPSA) is 0 Å². The van der Waals surface area contributed by atoms with Crippen molar-refractivity contribution in [3.05, 3.63) is 0 Å². The summed E-state index contributed by atoms with van der Waals surface area (Å²) in [6.07, 6.45) is 9.65. The summed E-state index contributed by atoms with van der Waals surface area (Å²) in [6.45, 7) is 2.22. The van der Waals surface area contributed by atoms with Crippen molar-refractivity contribution >= 4 is 12.6 Å². The standard InChI is InChI=1S/C16H31F3S/c1-2-3-4-5-6-7-8-9-10-11-12-13-16(19,14-20)15(17)18/h15,20H,2-14H2,1H3. The highest BCUT2D eigenvalue weighted by atomic mass is 32.1. The van der Waals surface area contributed by atoms with Crippen LogP contribution < -0.4 is 0 Å². The molecule has 0 nitrogen and oxygen atoms in total. The van der Waals surface area contributed by atoms with Crippen LogP contribution in [-0.4, -0.2) is 17.8 Å². The Hall–Kier alpha value is 0.140. The monoisotopic (exact) mass is 312 g/mol. The second-order valence-corrected chi connectivity index (χ2v) is 6.10. The van der Waals surface area contributed by atoms with Gasteiger partial charge in [-0.3, -0.25) is 0 Å². The van der Waals surface area contributed by atoms with Gasteiger partial charge in [0.05, 0.1) is 0 Å². The third kappa shape index (κ3) is 9.95. The Labute approximate surface area is 128 Å². The number of hydrogen-bond acceptors (Lipinski definition) is 1. The van der Waals surface area contributed by atoms with E-state index in [9.17, 15) is 13.2 Å². The lowest BCUT2D eigenvalue weighted by Gasteiger charge is -2.21. The highest BCUT2D eigenvalue weighted by Crippen LogP contribution is 2.29. The molecule has 1 atom stereocenters. The molecule has 1 unspecified atom stereocenters. The number of halogens is 3. The van der Waals surface area contributed by atoms with Crippen LogP contribution in [0.4, 0.5) is 13.2 Å². The van der Waals surface area contributed by atoms with Crippen molar-refractivity contribution in [2.45, 2.75) is 96.1 Å². The van der Waals surface area contributed by atoms with Gasteiger partial charge < -0.3 is 0 Å². The lowest BCUT2D eigenvalue weighted by molar-refractivity contribution is -0.0250. The minimum absolute atomic E-state index is 0.0643. The van der Waals surface area contributed by atoms with Gasteiger partial charge in [0.15, 0.2) is 5.67 Å². The molecule has 0 aliphatic carbocycles. The minimum atomic E-state index is -2.91. The van der Waals surface area contributed by atoms with Crippen molar-refractivity contribution in [1.82, 2.24) is 0 Å². The van der Waals surface area contributed by atoms with Crippen LogP contribution in [0.3, 0.4) is 0 Å². The molecule has 0 saturated heterocycles. The molecule has 0 radical (unpaired) electrons. The van der Waals surface area contributed by atoms with E-state index in [1.165, 1.54) is 44.9 Å². The van der Waals surface area contributed by atoms with E-state index in [0.29, 0.717) is 6.42 Å². The molecule has 0 aromatic heterocycles. The van der Waals surface area contributed by atoms with Crippen molar-refractivity contribution in [1.29, 1.82) is 0 Å². The highest BCUT2D eigenvalue weighted by Gasteiger charge is 2.38. The molecule has 0 aliphatic rings. The zero-order chi connectivity index (χ0) is 15.3. The van der Waals surface area contributed by atoms with Crippen molar-refractivity contribution in [3.8, 4) is 0 Å². The predicted molar refractivity (Wildman–Crippen MR) is 84.8 cm³/mol. The van der Waals surface area contributed by atoms with Crippen LogP contribution in [0.1, 0.15) is 84.0 Å². The Morgan fingerprint density at radius 2 is 1.20 bits per heavy atom. The lowest BCUT2D eigenvalue weighted by Crippen LogP contribution is -2.34. The minimum Gasteiger partial charge on any atom is -0.237 e. The van der Waals surface area contributed by atoms with Gasteiger partial charge in [-0.05, 0) is 6.42 Å². The summed E-state index contributed by atoms with van der Waals surface area (Å²) in [5.74, 6) is -0.386. The molecule has 0 N–H and O–H groups in total. The summed E-state index contributed by atoms with van der Waals surface area (Å²) in [5.41, 5.74) is -2.39. The second-order valence-electron chi connectivity index (χ2n) is 5.78. The normalized spacial score (nSPS) is 14.7. The summed E-state index contributed by atoms with van der Waals surface area (Å²) < 4.78 is 38.5. The Bertz CT molecular complexity index is 212. The van der Waals surface area contributed by atoms with Gasteiger partial charge in [-0.1, -0.05) is 77.6 Å². The lowest BCUT2D eigenvalue weighted by atomic mass is 9.99. The van der Waals surface area contributed by atoms with E-state index in [1.807, 2.05) is 0 Å². The molecule has 0 aliphatic heterocycles. The van der Waals surface area contributed by atoms with Gasteiger partial charge >= 0.3 is 0 Å². The highest BCUT2D eigenvalue weighted by molar-refractivity contribution is 7.80. The van der Waals surface area contributed by atoms with Gasteiger partial charge in [0, 0.05) is 5.75 Å². The zero-order valence-corrected chi connectivity index (χ0v) is 13.7. The van der Waals surface area contributed by atoms with Gasteiger partial charge in [0.1, 0.15) is 0 Å². The molecule has 0 saturated carbocycles. The van der Waals surface area contributed by atoms with Crippen LogP contribution in [0.15, 0.2) is 0 Å². The van der Waals surface area contributed by atoms with Crippen LogP contribution in [0.25, 0.3) is 0 Å². The molecule has 0 aromatic rings. The molecule has 4 heteroatoms.